The molecule has 0 aliphatic carbocycles. The van der Waals surface area contributed by atoms with Gasteiger partial charge in [-0.15, -0.1) is 0 Å². The highest BCUT2D eigenvalue weighted by Crippen LogP contribution is 2.38. The van der Waals surface area contributed by atoms with E-state index in [9.17, 15) is 14.9 Å². The highest BCUT2D eigenvalue weighted by atomic mass is 35.5. The van der Waals surface area contributed by atoms with Crippen LogP contribution < -0.4 is 15.0 Å². The monoisotopic (exact) mass is 322 g/mol. The summed E-state index contributed by atoms with van der Waals surface area (Å²) in [4.78, 5) is 22.1. The average molecular weight is 323 g/mol. The van der Waals surface area contributed by atoms with Crippen molar-refractivity contribution in [3.05, 3.63) is 61.5 Å². The van der Waals surface area contributed by atoms with Crippen LogP contribution in [0.2, 0.25) is 5.02 Å². The Morgan fingerprint density at radius 3 is 2.82 bits per heavy atom. The van der Waals surface area contributed by atoms with Crippen LogP contribution in [0.4, 0.5) is 5.69 Å². The van der Waals surface area contributed by atoms with Crippen LogP contribution in [0, 0.1) is 10.1 Å². The number of hydrogen-bond donors (Lipinski definition) is 0. The van der Waals surface area contributed by atoms with Crippen molar-refractivity contribution in [3.63, 3.8) is 0 Å². The van der Waals surface area contributed by atoms with Gasteiger partial charge in [0, 0.05) is 12.1 Å². The van der Waals surface area contributed by atoms with Crippen LogP contribution >= 0.6 is 11.6 Å². The summed E-state index contributed by atoms with van der Waals surface area (Å²) < 4.78 is 12.1. The Morgan fingerprint density at radius 2 is 2.05 bits per heavy atom. The lowest BCUT2D eigenvalue weighted by molar-refractivity contribution is -0.385. The first kappa shape index (κ1) is 14.4. The molecule has 2 aromatic rings. The van der Waals surface area contributed by atoms with Crippen molar-refractivity contribution in [1.29, 1.82) is 0 Å². The Kier molecular flexibility index (Phi) is 3.72. The number of pyridine rings is 1. The van der Waals surface area contributed by atoms with E-state index in [1.165, 1.54) is 16.8 Å². The molecule has 8 heteroatoms. The van der Waals surface area contributed by atoms with E-state index < -0.39 is 4.92 Å². The zero-order valence-corrected chi connectivity index (χ0v) is 12.1. The number of aromatic nitrogens is 1. The van der Waals surface area contributed by atoms with Gasteiger partial charge in [-0.05, 0) is 17.7 Å². The molecule has 0 amide bonds. The minimum absolute atomic E-state index is 0.150. The van der Waals surface area contributed by atoms with Crippen molar-refractivity contribution >= 4 is 17.3 Å². The maximum atomic E-state index is 11.8. The summed E-state index contributed by atoms with van der Waals surface area (Å²) in [5.41, 5.74) is 0.205. The Bertz CT molecular complexity index is 802. The lowest BCUT2D eigenvalue weighted by Gasteiger charge is -2.20. The van der Waals surface area contributed by atoms with Crippen LogP contribution in [0.25, 0.3) is 0 Å². The predicted molar refractivity (Wildman–Crippen MR) is 78.9 cm³/mol. The second-order valence-corrected chi connectivity index (χ2v) is 5.12. The Morgan fingerprint density at radius 1 is 1.27 bits per heavy atom. The lowest BCUT2D eigenvalue weighted by Crippen LogP contribution is -2.20. The molecule has 1 aromatic heterocycles. The van der Waals surface area contributed by atoms with Crippen molar-refractivity contribution < 1.29 is 14.4 Å². The molecule has 0 saturated heterocycles. The van der Waals surface area contributed by atoms with Crippen LogP contribution in [0.15, 0.2) is 35.3 Å². The minimum atomic E-state index is -0.549. The normalized spacial score (nSPS) is 13.0. The molecule has 114 valence electrons. The summed E-state index contributed by atoms with van der Waals surface area (Å²) in [5, 5.41) is 11.2. The predicted octanol–water partition coefficient (Wildman–Crippen LogP) is 2.23. The average Bonchev–Trinajstić information content (AvgIpc) is 2.49. The van der Waals surface area contributed by atoms with Crippen molar-refractivity contribution in [3.8, 4) is 11.5 Å². The summed E-state index contributed by atoms with van der Waals surface area (Å²) in [5.74, 6) is 0.982. The van der Waals surface area contributed by atoms with E-state index in [4.69, 9.17) is 21.1 Å². The van der Waals surface area contributed by atoms with Crippen LogP contribution in [-0.2, 0) is 6.54 Å². The summed E-state index contributed by atoms with van der Waals surface area (Å²) in [6, 6.07) is 5.71. The highest BCUT2D eigenvalue weighted by molar-refractivity contribution is 6.32. The fourth-order valence-corrected chi connectivity index (χ4v) is 2.49. The molecular weight excluding hydrogens is 312 g/mol. The summed E-state index contributed by atoms with van der Waals surface area (Å²) in [7, 11) is 0. The van der Waals surface area contributed by atoms with Gasteiger partial charge in [0.05, 0.1) is 22.7 Å². The maximum absolute atomic E-state index is 11.8. The number of halogens is 1. The second-order valence-electron chi connectivity index (χ2n) is 4.71. The third-order valence-electron chi connectivity index (χ3n) is 3.19. The van der Waals surface area contributed by atoms with Gasteiger partial charge in [-0.1, -0.05) is 11.6 Å². The highest BCUT2D eigenvalue weighted by Gasteiger charge is 2.17. The van der Waals surface area contributed by atoms with E-state index in [0.29, 0.717) is 35.3 Å². The molecular formula is C14H11ClN2O5. The number of fused-ring (bicyclic) bond motifs is 1. The Hall–Kier alpha value is -2.54. The molecule has 1 aliphatic heterocycles. The summed E-state index contributed by atoms with van der Waals surface area (Å²) in [6.45, 7) is 0.997. The third kappa shape index (κ3) is 2.75. The van der Waals surface area contributed by atoms with Gasteiger partial charge in [0.25, 0.3) is 11.2 Å². The van der Waals surface area contributed by atoms with E-state index in [1.807, 2.05) is 0 Å². The van der Waals surface area contributed by atoms with Crippen LogP contribution in [0.3, 0.4) is 0 Å². The molecule has 0 radical (unpaired) electrons. The zero-order chi connectivity index (χ0) is 15.7. The van der Waals surface area contributed by atoms with Gasteiger partial charge >= 0.3 is 0 Å². The fraction of sp³-hybridized carbons (Fsp3) is 0.214. The number of hydrogen-bond acceptors (Lipinski definition) is 5. The molecule has 0 fully saturated rings. The molecule has 0 saturated carbocycles. The van der Waals surface area contributed by atoms with E-state index in [1.54, 1.807) is 12.1 Å². The molecule has 7 nitrogen and oxygen atoms in total. The molecule has 2 heterocycles. The number of benzene rings is 1. The molecule has 1 aliphatic rings. The number of rotatable bonds is 3. The number of nitro groups is 1. The summed E-state index contributed by atoms with van der Waals surface area (Å²) in [6.07, 6.45) is 1.20. The quantitative estimate of drug-likeness (QED) is 0.639. The zero-order valence-electron chi connectivity index (χ0n) is 11.3. The van der Waals surface area contributed by atoms with Gasteiger partial charge in [-0.3, -0.25) is 14.9 Å². The fourth-order valence-electron chi connectivity index (χ4n) is 2.20. The van der Waals surface area contributed by atoms with Crippen LogP contribution in [-0.4, -0.2) is 22.7 Å². The first-order valence-corrected chi connectivity index (χ1v) is 6.85. The molecule has 0 bridgehead atoms. The molecule has 22 heavy (non-hydrogen) atoms. The van der Waals surface area contributed by atoms with Crippen LogP contribution in [0.5, 0.6) is 11.5 Å². The SMILES string of the molecule is O=c1ccc([N+](=O)[O-])cn1Cc1cc(Cl)c2c(c1)OCCO2. The number of nitrogens with zero attached hydrogens (tertiary/aromatic N) is 2. The molecule has 0 unspecified atom stereocenters. The van der Waals surface area contributed by atoms with E-state index in [0.717, 1.165) is 6.07 Å². The Labute approximate surface area is 129 Å². The van der Waals surface area contributed by atoms with Crippen molar-refractivity contribution in [2.45, 2.75) is 6.54 Å². The molecule has 1 aromatic carbocycles. The van der Waals surface area contributed by atoms with Gasteiger partial charge in [0.2, 0.25) is 0 Å². The second kappa shape index (κ2) is 5.69. The van der Waals surface area contributed by atoms with E-state index >= 15 is 0 Å². The van der Waals surface area contributed by atoms with Gasteiger partial charge in [-0.2, -0.15) is 0 Å². The topological polar surface area (TPSA) is 83.6 Å². The van der Waals surface area contributed by atoms with Gasteiger partial charge in [0.1, 0.15) is 13.2 Å². The van der Waals surface area contributed by atoms with Crippen molar-refractivity contribution in [2.75, 3.05) is 13.2 Å². The molecule has 0 atom stereocenters. The minimum Gasteiger partial charge on any atom is -0.486 e. The van der Waals surface area contributed by atoms with Gasteiger partial charge < -0.3 is 14.0 Å². The van der Waals surface area contributed by atoms with Crippen molar-refractivity contribution in [1.82, 2.24) is 4.57 Å². The number of ether oxygens (including phenoxy) is 2. The van der Waals surface area contributed by atoms with E-state index in [-0.39, 0.29) is 17.8 Å². The van der Waals surface area contributed by atoms with Gasteiger partial charge in [0.15, 0.2) is 11.5 Å². The van der Waals surface area contributed by atoms with E-state index in [2.05, 4.69) is 0 Å². The third-order valence-corrected chi connectivity index (χ3v) is 3.47. The Balaban J connectivity index is 1.97. The maximum Gasteiger partial charge on any atom is 0.285 e. The lowest BCUT2D eigenvalue weighted by atomic mass is 10.2. The van der Waals surface area contributed by atoms with Crippen molar-refractivity contribution in [2.24, 2.45) is 0 Å². The molecule has 0 N–H and O–H groups in total. The first-order chi connectivity index (χ1) is 10.5. The standard InChI is InChI=1S/C14H11ClN2O5/c15-11-5-9(6-12-14(11)22-4-3-21-12)7-16-8-10(17(19)20)1-2-13(16)18/h1-2,5-6,8H,3-4,7H2. The van der Waals surface area contributed by atoms with Gasteiger partial charge in [-0.25, -0.2) is 0 Å². The summed E-state index contributed by atoms with van der Waals surface area (Å²) >= 11 is 6.13. The largest absolute Gasteiger partial charge is 0.486 e. The molecule has 0 spiro atoms. The van der Waals surface area contributed by atoms with Crippen LogP contribution in [0.1, 0.15) is 5.56 Å². The molecule has 3 rings (SSSR count). The first-order valence-electron chi connectivity index (χ1n) is 6.47. The smallest absolute Gasteiger partial charge is 0.285 e.